The molecule has 0 N–H and O–H groups in total. The van der Waals surface area contributed by atoms with Crippen molar-refractivity contribution in [2.24, 2.45) is 0 Å². The van der Waals surface area contributed by atoms with E-state index in [-0.39, 0.29) is 16.7 Å². The van der Waals surface area contributed by atoms with E-state index in [9.17, 15) is 4.57 Å². The van der Waals surface area contributed by atoms with Gasteiger partial charge in [-0.2, -0.15) is 0 Å². The van der Waals surface area contributed by atoms with Crippen LogP contribution in [-0.2, 0) is 9.30 Å². The zero-order valence-corrected chi connectivity index (χ0v) is 15.5. The average Bonchev–Trinajstić information content (AvgIpc) is 3.20. The van der Waals surface area contributed by atoms with Gasteiger partial charge in [-0.25, -0.2) is 0 Å². The molecule has 0 saturated carbocycles. The SMILES string of the molecule is CC(SCC1OC1(C)C)P(=O)(c1ccccc1)c1ccccc1. The minimum atomic E-state index is -2.68. The molecule has 2 nitrogen and oxygen atoms in total. The Balaban J connectivity index is 1.88. The van der Waals surface area contributed by atoms with Crippen LogP contribution < -0.4 is 10.6 Å². The second-order valence-corrected chi connectivity index (χ2v) is 11.3. The highest BCUT2D eigenvalue weighted by Gasteiger charge is 2.48. The molecule has 1 heterocycles. The van der Waals surface area contributed by atoms with Crippen molar-refractivity contribution in [1.29, 1.82) is 0 Å². The molecule has 1 aliphatic rings. The molecule has 0 bridgehead atoms. The monoisotopic (exact) mass is 346 g/mol. The van der Waals surface area contributed by atoms with E-state index < -0.39 is 7.14 Å². The summed E-state index contributed by atoms with van der Waals surface area (Å²) >= 11 is 1.76. The van der Waals surface area contributed by atoms with Crippen LogP contribution >= 0.6 is 18.9 Å². The Morgan fingerprint density at radius 1 is 1.04 bits per heavy atom. The number of rotatable bonds is 6. The predicted molar refractivity (Wildman–Crippen MR) is 101 cm³/mol. The summed E-state index contributed by atoms with van der Waals surface area (Å²) in [6, 6.07) is 19.8. The van der Waals surface area contributed by atoms with E-state index in [2.05, 4.69) is 20.8 Å². The number of benzene rings is 2. The van der Waals surface area contributed by atoms with Crippen molar-refractivity contribution in [3.8, 4) is 0 Å². The fraction of sp³-hybridized carbons (Fsp3) is 0.368. The lowest BCUT2D eigenvalue weighted by molar-refractivity contribution is 0.329. The molecule has 0 aliphatic carbocycles. The van der Waals surface area contributed by atoms with Crippen LogP contribution in [0.5, 0.6) is 0 Å². The van der Waals surface area contributed by atoms with Gasteiger partial charge in [0.05, 0.1) is 16.7 Å². The first-order chi connectivity index (χ1) is 10.9. The Morgan fingerprint density at radius 2 is 1.48 bits per heavy atom. The van der Waals surface area contributed by atoms with E-state index in [1.165, 1.54) is 0 Å². The maximum absolute atomic E-state index is 14.0. The van der Waals surface area contributed by atoms with Gasteiger partial charge in [0.15, 0.2) is 7.14 Å². The molecule has 1 saturated heterocycles. The number of hydrogen-bond acceptors (Lipinski definition) is 3. The molecule has 2 aromatic rings. The Labute approximate surface area is 143 Å². The molecule has 0 amide bonds. The zero-order chi connectivity index (χ0) is 16.5. The molecule has 4 heteroatoms. The normalized spacial score (nSPS) is 20.9. The first kappa shape index (κ1) is 16.8. The molecule has 2 aromatic carbocycles. The highest BCUT2D eigenvalue weighted by molar-refractivity contribution is 8.08. The summed E-state index contributed by atoms with van der Waals surface area (Å²) in [4.78, 5) is 0.0206. The summed E-state index contributed by atoms with van der Waals surface area (Å²) in [6.45, 7) is 6.30. The summed E-state index contributed by atoms with van der Waals surface area (Å²) < 4.78 is 19.7. The Bertz CT molecular complexity index is 656. The quantitative estimate of drug-likeness (QED) is 0.578. The van der Waals surface area contributed by atoms with E-state index >= 15 is 0 Å². The minimum absolute atomic E-state index is 0.0177. The molecule has 1 aliphatic heterocycles. The van der Waals surface area contributed by atoms with Crippen molar-refractivity contribution in [3.63, 3.8) is 0 Å². The van der Waals surface area contributed by atoms with E-state index in [0.717, 1.165) is 16.4 Å². The van der Waals surface area contributed by atoms with Gasteiger partial charge in [-0.05, 0) is 20.8 Å². The summed E-state index contributed by atoms with van der Waals surface area (Å²) in [5.74, 6) is 0.887. The van der Waals surface area contributed by atoms with Gasteiger partial charge < -0.3 is 9.30 Å². The maximum atomic E-state index is 14.0. The van der Waals surface area contributed by atoms with E-state index in [1.807, 2.05) is 60.7 Å². The first-order valence-corrected chi connectivity index (χ1v) is 10.8. The maximum Gasteiger partial charge on any atom is 0.155 e. The van der Waals surface area contributed by atoms with Crippen LogP contribution in [0.1, 0.15) is 20.8 Å². The van der Waals surface area contributed by atoms with Crippen molar-refractivity contribution in [2.45, 2.75) is 37.5 Å². The second-order valence-electron chi connectivity index (χ2n) is 6.47. The highest BCUT2D eigenvalue weighted by Crippen LogP contribution is 2.54. The molecule has 2 unspecified atom stereocenters. The van der Waals surface area contributed by atoms with Gasteiger partial charge in [0.1, 0.15) is 0 Å². The smallest absolute Gasteiger partial charge is 0.155 e. The van der Waals surface area contributed by atoms with Crippen LogP contribution in [0.2, 0.25) is 0 Å². The topological polar surface area (TPSA) is 29.6 Å². The van der Waals surface area contributed by atoms with Crippen molar-refractivity contribution >= 4 is 29.5 Å². The third-order valence-corrected chi connectivity index (χ3v) is 9.91. The summed E-state index contributed by atoms with van der Waals surface area (Å²) in [5.41, 5.74) is -0.0177. The van der Waals surface area contributed by atoms with Gasteiger partial charge in [-0.1, -0.05) is 60.7 Å². The van der Waals surface area contributed by atoms with Gasteiger partial charge >= 0.3 is 0 Å². The summed E-state index contributed by atoms with van der Waals surface area (Å²) in [5, 5.41) is 1.87. The van der Waals surface area contributed by atoms with Gasteiger partial charge in [0.2, 0.25) is 0 Å². The van der Waals surface area contributed by atoms with Crippen LogP contribution in [0.3, 0.4) is 0 Å². The van der Waals surface area contributed by atoms with Crippen molar-refractivity contribution in [1.82, 2.24) is 0 Å². The Morgan fingerprint density at radius 3 is 1.87 bits per heavy atom. The molecule has 0 aromatic heterocycles. The minimum Gasteiger partial charge on any atom is -0.366 e. The number of ether oxygens (including phenoxy) is 1. The van der Waals surface area contributed by atoms with Crippen LogP contribution in [0.4, 0.5) is 0 Å². The van der Waals surface area contributed by atoms with Gasteiger partial charge in [-0.3, -0.25) is 0 Å². The van der Waals surface area contributed by atoms with Crippen molar-refractivity contribution in [3.05, 3.63) is 60.7 Å². The Kier molecular flexibility index (Phi) is 4.73. The summed E-state index contributed by atoms with van der Waals surface area (Å²) in [7, 11) is -2.68. The molecule has 2 atom stereocenters. The molecule has 23 heavy (non-hydrogen) atoms. The van der Waals surface area contributed by atoms with E-state index in [1.54, 1.807) is 11.8 Å². The van der Waals surface area contributed by atoms with Crippen LogP contribution in [-0.4, -0.2) is 22.4 Å². The standard InChI is InChI=1S/C19H23O2PS/c1-15(23-14-18-19(2,3)21-18)22(20,16-10-6-4-7-11-16)17-12-8-5-9-13-17/h4-13,15,18H,14H2,1-3H3. The zero-order valence-electron chi connectivity index (χ0n) is 13.8. The van der Waals surface area contributed by atoms with Crippen LogP contribution in [0.15, 0.2) is 60.7 Å². The fourth-order valence-corrected chi connectivity index (χ4v) is 7.89. The first-order valence-electron chi connectivity index (χ1n) is 7.95. The lowest BCUT2D eigenvalue weighted by Gasteiger charge is -2.25. The van der Waals surface area contributed by atoms with E-state index in [0.29, 0.717) is 0 Å². The molecule has 0 radical (unpaired) electrons. The predicted octanol–water partition coefficient (Wildman–Crippen LogP) is 4.26. The molecular weight excluding hydrogens is 323 g/mol. The number of hydrogen-bond donors (Lipinski definition) is 0. The molecule has 122 valence electrons. The largest absolute Gasteiger partial charge is 0.366 e. The Hall–Kier alpha value is -1.02. The fourth-order valence-electron chi connectivity index (χ4n) is 2.77. The average molecular weight is 346 g/mol. The molecule has 1 fully saturated rings. The second kappa shape index (κ2) is 6.47. The van der Waals surface area contributed by atoms with Gasteiger partial charge in [-0.15, -0.1) is 11.8 Å². The van der Waals surface area contributed by atoms with Crippen molar-refractivity contribution in [2.75, 3.05) is 5.75 Å². The molecule has 3 rings (SSSR count). The van der Waals surface area contributed by atoms with Crippen LogP contribution in [0, 0.1) is 0 Å². The lowest BCUT2D eigenvalue weighted by atomic mass is 10.2. The van der Waals surface area contributed by atoms with Gasteiger partial charge in [0, 0.05) is 16.4 Å². The highest BCUT2D eigenvalue weighted by atomic mass is 32.2. The lowest BCUT2D eigenvalue weighted by Crippen LogP contribution is -2.23. The molecular formula is C19H23O2PS. The summed E-state index contributed by atoms with van der Waals surface area (Å²) in [6.07, 6.45) is 0.273. The number of epoxide rings is 1. The molecule has 0 spiro atoms. The third kappa shape index (κ3) is 3.42. The van der Waals surface area contributed by atoms with Gasteiger partial charge in [0.25, 0.3) is 0 Å². The van der Waals surface area contributed by atoms with E-state index in [4.69, 9.17) is 4.74 Å². The van der Waals surface area contributed by atoms with Crippen molar-refractivity contribution < 1.29 is 9.30 Å². The third-order valence-electron chi connectivity index (χ3n) is 4.44. The van der Waals surface area contributed by atoms with Crippen LogP contribution in [0.25, 0.3) is 0 Å². The number of thioether (sulfide) groups is 1.